The lowest BCUT2D eigenvalue weighted by Gasteiger charge is -1.96. The highest BCUT2D eigenvalue weighted by atomic mass is 32.1. The summed E-state index contributed by atoms with van der Waals surface area (Å²) in [4.78, 5) is 32.4. The average molecular weight is 439 g/mol. The third-order valence-electron chi connectivity index (χ3n) is 4.67. The fourth-order valence-electron chi connectivity index (χ4n) is 3.20. The Balaban J connectivity index is 1.50. The molecule has 0 unspecified atom stereocenters. The number of nitrogens with zero attached hydrogens (tertiary/aromatic N) is 7. The molecule has 156 valence electrons. The van der Waals surface area contributed by atoms with Crippen molar-refractivity contribution in [3.8, 4) is 11.6 Å². The van der Waals surface area contributed by atoms with Gasteiger partial charge in [-0.1, -0.05) is 0 Å². The molecule has 5 rings (SSSR count). The second-order valence-corrected chi connectivity index (χ2v) is 7.59. The number of carbonyl (C=O) groups excluding carboxylic acids is 1. The van der Waals surface area contributed by atoms with Crippen LogP contribution >= 0.6 is 11.3 Å². The van der Waals surface area contributed by atoms with Crippen molar-refractivity contribution in [3.63, 3.8) is 0 Å². The topological polar surface area (TPSA) is 143 Å². The number of aromatic nitrogens is 6. The molecule has 0 radical (unpaired) electrons. The zero-order valence-corrected chi connectivity index (χ0v) is 17.0. The van der Waals surface area contributed by atoms with Gasteiger partial charge in [-0.25, -0.2) is 19.3 Å². The third kappa shape index (κ3) is 3.11. The van der Waals surface area contributed by atoms with Gasteiger partial charge in [-0.05, 0) is 24.6 Å². The van der Waals surface area contributed by atoms with Crippen molar-refractivity contribution in [1.29, 1.82) is 0 Å². The molecule has 31 heavy (non-hydrogen) atoms. The molecule has 0 N–H and O–H groups in total. The van der Waals surface area contributed by atoms with Crippen molar-refractivity contribution in [2.24, 2.45) is 0 Å². The van der Waals surface area contributed by atoms with Gasteiger partial charge >= 0.3 is 11.7 Å². The Hall–Kier alpha value is -4.13. The summed E-state index contributed by atoms with van der Waals surface area (Å²) in [6, 6.07) is 3.45. The maximum Gasteiger partial charge on any atom is 0.348 e. The molecule has 5 aromatic rings. The second kappa shape index (κ2) is 6.98. The summed E-state index contributed by atoms with van der Waals surface area (Å²) < 4.78 is 13.6. The number of methoxy groups -OCH3 is 1. The summed E-state index contributed by atoms with van der Waals surface area (Å²) in [7, 11) is 1.33. The van der Waals surface area contributed by atoms with Crippen molar-refractivity contribution in [1.82, 2.24) is 29.4 Å². The molecule has 0 aliphatic heterocycles. The molecule has 0 spiro atoms. The Kier molecular flexibility index (Phi) is 4.25. The van der Waals surface area contributed by atoms with Crippen molar-refractivity contribution in [3.05, 3.63) is 57.2 Å². The van der Waals surface area contributed by atoms with Crippen LogP contribution in [0.1, 0.15) is 21.0 Å². The SMILES string of the molecule is COC(=O)c1sc2ncn3nc(-c4ccc(Cn5cc([N+](=O)[O-])cn5)o4)nc3c2c1C. The van der Waals surface area contributed by atoms with E-state index >= 15 is 0 Å². The van der Waals surface area contributed by atoms with Gasteiger partial charge in [-0.2, -0.15) is 5.10 Å². The highest BCUT2D eigenvalue weighted by molar-refractivity contribution is 7.20. The van der Waals surface area contributed by atoms with Crippen LogP contribution in [0, 0.1) is 17.0 Å². The Morgan fingerprint density at radius 2 is 2.23 bits per heavy atom. The van der Waals surface area contributed by atoms with Gasteiger partial charge < -0.3 is 9.15 Å². The molecule has 13 heteroatoms. The standard InChI is InChI=1S/C18H13N7O5S/c1-9-13-16-21-15(22-24(16)8-19-17(13)31-14(9)18(26)29-2)12-4-3-11(30-12)7-23-6-10(5-20-23)25(27)28/h3-6,8H,7H2,1-2H3. The lowest BCUT2D eigenvalue weighted by atomic mass is 10.2. The Morgan fingerprint density at radius 3 is 2.97 bits per heavy atom. The van der Waals surface area contributed by atoms with Crippen molar-refractivity contribution < 1.29 is 18.9 Å². The fourth-order valence-corrected chi connectivity index (χ4v) is 4.26. The van der Waals surface area contributed by atoms with E-state index < -0.39 is 10.9 Å². The highest BCUT2D eigenvalue weighted by Crippen LogP contribution is 2.33. The first-order chi connectivity index (χ1) is 14.9. The maximum atomic E-state index is 12.0. The zero-order valence-electron chi connectivity index (χ0n) is 16.2. The summed E-state index contributed by atoms with van der Waals surface area (Å²) in [6.07, 6.45) is 4.03. The van der Waals surface area contributed by atoms with Crippen molar-refractivity contribution >= 4 is 38.9 Å². The Morgan fingerprint density at radius 1 is 1.39 bits per heavy atom. The summed E-state index contributed by atoms with van der Waals surface area (Å²) in [5.74, 6) is 0.884. The van der Waals surface area contributed by atoms with Gasteiger partial charge in [-0.3, -0.25) is 14.8 Å². The molecule has 0 atom stereocenters. The van der Waals surface area contributed by atoms with E-state index in [-0.39, 0.29) is 12.2 Å². The van der Waals surface area contributed by atoms with Crippen LogP contribution in [0.5, 0.6) is 0 Å². The van der Waals surface area contributed by atoms with Crippen molar-refractivity contribution in [2.45, 2.75) is 13.5 Å². The average Bonchev–Trinajstić information content (AvgIpc) is 3.52. The van der Waals surface area contributed by atoms with E-state index in [1.165, 1.54) is 46.4 Å². The number of esters is 1. The number of furan rings is 1. The van der Waals surface area contributed by atoms with Gasteiger partial charge in [0.15, 0.2) is 11.4 Å². The summed E-state index contributed by atoms with van der Waals surface area (Å²) in [6.45, 7) is 2.04. The van der Waals surface area contributed by atoms with Gasteiger partial charge in [0.1, 0.15) is 34.2 Å². The minimum Gasteiger partial charge on any atom is -0.465 e. The van der Waals surface area contributed by atoms with Crippen LogP contribution in [-0.4, -0.2) is 47.4 Å². The lowest BCUT2D eigenvalue weighted by molar-refractivity contribution is -0.385. The predicted molar refractivity (Wildman–Crippen MR) is 108 cm³/mol. The molecule has 12 nitrogen and oxygen atoms in total. The number of nitro groups is 1. The van der Waals surface area contributed by atoms with Gasteiger partial charge in [0.25, 0.3) is 0 Å². The number of aryl methyl sites for hydroxylation is 1. The number of rotatable bonds is 5. The number of thiophene rings is 1. The lowest BCUT2D eigenvalue weighted by Crippen LogP contribution is -1.99. The number of fused-ring (bicyclic) bond motifs is 3. The number of ether oxygens (including phenoxy) is 1. The van der Waals surface area contributed by atoms with Gasteiger partial charge in [0, 0.05) is 0 Å². The molecular weight excluding hydrogens is 426 g/mol. The van der Waals surface area contributed by atoms with Gasteiger partial charge in [0.2, 0.25) is 5.82 Å². The van der Waals surface area contributed by atoms with E-state index in [2.05, 4.69) is 20.2 Å². The first-order valence-electron chi connectivity index (χ1n) is 8.93. The molecule has 0 bridgehead atoms. The summed E-state index contributed by atoms with van der Waals surface area (Å²) in [5.41, 5.74) is 1.18. The van der Waals surface area contributed by atoms with Gasteiger partial charge in [0.05, 0.1) is 24.0 Å². The summed E-state index contributed by atoms with van der Waals surface area (Å²) >= 11 is 1.24. The monoisotopic (exact) mass is 439 g/mol. The van der Waals surface area contributed by atoms with E-state index in [1.54, 1.807) is 12.1 Å². The molecule has 5 aromatic heterocycles. The number of carbonyl (C=O) groups is 1. The van der Waals surface area contributed by atoms with Crippen LogP contribution in [-0.2, 0) is 11.3 Å². The van der Waals surface area contributed by atoms with Crippen LogP contribution in [0.2, 0.25) is 0 Å². The van der Waals surface area contributed by atoms with Gasteiger partial charge in [-0.15, -0.1) is 16.4 Å². The largest absolute Gasteiger partial charge is 0.465 e. The van der Waals surface area contributed by atoms with Crippen LogP contribution in [0.15, 0.2) is 35.3 Å². The van der Waals surface area contributed by atoms with E-state index in [1.807, 2.05) is 6.92 Å². The number of hydrogen-bond acceptors (Lipinski definition) is 10. The highest BCUT2D eigenvalue weighted by Gasteiger charge is 2.21. The molecule has 0 aliphatic rings. The first kappa shape index (κ1) is 18.9. The van der Waals surface area contributed by atoms with E-state index in [4.69, 9.17) is 9.15 Å². The fraction of sp³-hybridized carbons (Fsp3) is 0.167. The predicted octanol–water partition coefficient (Wildman–Crippen LogP) is 2.85. The quantitative estimate of drug-likeness (QED) is 0.229. The molecule has 0 fully saturated rings. The normalized spacial score (nSPS) is 11.4. The van der Waals surface area contributed by atoms with Crippen LogP contribution < -0.4 is 0 Å². The molecule has 0 amide bonds. The first-order valence-corrected chi connectivity index (χ1v) is 9.75. The third-order valence-corrected chi connectivity index (χ3v) is 5.85. The van der Waals surface area contributed by atoms with Crippen LogP contribution in [0.4, 0.5) is 5.69 Å². The Bertz CT molecular complexity index is 1480. The second-order valence-electron chi connectivity index (χ2n) is 6.60. The molecule has 0 saturated carbocycles. The van der Waals surface area contributed by atoms with Crippen LogP contribution in [0.25, 0.3) is 27.4 Å². The summed E-state index contributed by atoms with van der Waals surface area (Å²) in [5, 5.41) is 19.9. The minimum atomic E-state index is -0.509. The van der Waals surface area contributed by atoms with E-state index in [9.17, 15) is 14.9 Å². The molecular formula is C18H13N7O5S. The molecule has 5 heterocycles. The smallest absolute Gasteiger partial charge is 0.348 e. The zero-order chi connectivity index (χ0) is 21.7. The minimum absolute atomic E-state index is 0.0947. The van der Waals surface area contributed by atoms with E-state index in [0.717, 1.165) is 10.9 Å². The number of hydrogen-bond donors (Lipinski definition) is 0. The van der Waals surface area contributed by atoms with E-state index in [0.29, 0.717) is 32.7 Å². The Labute approximate surface area is 176 Å². The van der Waals surface area contributed by atoms with Crippen LogP contribution in [0.3, 0.4) is 0 Å². The molecule has 0 saturated heterocycles. The molecule has 0 aliphatic carbocycles. The maximum absolute atomic E-state index is 12.0. The molecule has 0 aromatic carbocycles. The van der Waals surface area contributed by atoms with Crippen molar-refractivity contribution in [2.75, 3.05) is 7.11 Å².